The molecule has 1 aromatic rings. The van der Waals surface area contributed by atoms with E-state index in [4.69, 9.17) is 0 Å². The minimum Gasteiger partial charge on any atom is -0.469 e. The van der Waals surface area contributed by atoms with E-state index in [0.29, 0.717) is 13.1 Å². The van der Waals surface area contributed by atoms with Crippen LogP contribution in [0.25, 0.3) is 6.08 Å². The predicted molar refractivity (Wildman–Crippen MR) is 99.8 cm³/mol. The molecule has 0 unspecified atom stereocenters. The number of allylic oxidation sites excluding steroid dienone is 1. The van der Waals surface area contributed by atoms with Gasteiger partial charge < -0.3 is 9.64 Å². The Kier molecular flexibility index (Phi) is 8.06. The first kappa shape index (κ1) is 19.9. The fourth-order valence-corrected chi connectivity index (χ4v) is 2.92. The number of esters is 1. The molecular weight excluding hydrogens is 333 g/mol. The highest BCUT2D eigenvalue weighted by atomic mass is 19.1. The van der Waals surface area contributed by atoms with Crippen molar-refractivity contribution in [3.63, 3.8) is 0 Å². The molecule has 0 radical (unpaired) electrons. The van der Waals surface area contributed by atoms with Crippen LogP contribution in [-0.2, 0) is 14.3 Å². The number of carbonyl (C=O) groups excluding carboxylic acids is 2. The molecule has 0 atom stereocenters. The lowest BCUT2D eigenvalue weighted by Crippen LogP contribution is -2.33. The van der Waals surface area contributed by atoms with Gasteiger partial charge in [0.1, 0.15) is 5.82 Å². The summed E-state index contributed by atoms with van der Waals surface area (Å²) in [7, 11) is 1.34. The van der Waals surface area contributed by atoms with E-state index in [1.165, 1.54) is 43.7 Å². The molecule has 0 aromatic heterocycles. The number of rotatable bonds is 8. The van der Waals surface area contributed by atoms with Gasteiger partial charge in [0.05, 0.1) is 13.5 Å². The Labute approximate surface area is 154 Å². The fraction of sp³-hybridized carbons (Fsp3) is 0.429. The molecule has 1 aliphatic carbocycles. The lowest BCUT2D eigenvalue weighted by atomic mass is 9.97. The Balaban J connectivity index is 1.97. The minimum atomic E-state index is -0.331. The van der Waals surface area contributed by atoms with Gasteiger partial charge in [-0.15, -0.1) is 0 Å². The van der Waals surface area contributed by atoms with E-state index in [1.807, 2.05) is 0 Å². The number of methoxy groups -OCH3 is 1. The van der Waals surface area contributed by atoms with Crippen molar-refractivity contribution in [1.29, 1.82) is 0 Å². The van der Waals surface area contributed by atoms with Crippen LogP contribution in [0.1, 0.15) is 44.1 Å². The van der Waals surface area contributed by atoms with E-state index < -0.39 is 0 Å². The van der Waals surface area contributed by atoms with Crippen molar-refractivity contribution in [3.05, 3.63) is 53.4 Å². The smallest absolute Gasteiger partial charge is 0.307 e. The molecule has 0 N–H and O–H groups in total. The van der Waals surface area contributed by atoms with Gasteiger partial charge in [0.25, 0.3) is 0 Å². The van der Waals surface area contributed by atoms with Crippen molar-refractivity contribution < 1.29 is 18.7 Å². The third-order valence-corrected chi connectivity index (χ3v) is 4.50. The molecule has 1 aromatic carbocycles. The second-order valence-corrected chi connectivity index (χ2v) is 6.39. The van der Waals surface area contributed by atoms with E-state index in [2.05, 4.69) is 10.8 Å². The maximum absolute atomic E-state index is 13.0. The van der Waals surface area contributed by atoms with Crippen molar-refractivity contribution in [2.45, 2.75) is 38.5 Å². The van der Waals surface area contributed by atoms with Gasteiger partial charge in [-0.2, -0.15) is 0 Å². The quantitative estimate of drug-likeness (QED) is 0.398. The average Bonchev–Trinajstić information content (AvgIpc) is 2.67. The van der Waals surface area contributed by atoms with Crippen molar-refractivity contribution in [3.8, 4) is 0 Å². The summed E-state index contributed by atoms with van der Waals surface area (Å²) in [6, 6.07) is 5.94. The van der Waals surface area contributed by atoms with Gasteiger partial charge in [-0.05, 0) is 55.9 Å². The second kappa shape index (κ2) is 10.5. The van der Waals surface area contributed by atoms with Gasteiger partial charge in [0.2, 0.25) is 5.91 Å². The number of amides is 1. The van der Waals surface area contributed by atoms with Crippen LogP contribution >= 0.6 is 0 Å². The molecule has 0 spiro atoms. The number of carbonyl (C=O) groups is 2. The highest BCUT2D eigenvalue weighted by molar-refractivity contribution is 5.92. The fourth-order valence-electron chi connectivity index (χ4n) is 2.92. The van der Waals surface area contributed by atoms with E-state index in [1.54, 1.807) is 23.1 Å². The van der Waals surface area contributed by atoms with Crippen molar-refractivity contribution in [2.75, 3.05) is 20.2 Å². The monoisotopic (exact) mass is 359 g/mol. The molecule has 4 nitrogen and oxygen atoms in total. The maximum Gasteiger partial charge on any atom is 0.307 e. The topological polar surface area (TPSA) is 46.6 Å². The zero-order valence-electron chi connectivity index (χ0n) is 15.2. The molecule has 140 valence electrons. The third-order valence-electron chi connectivity index (χ3n) is 4.50. The van der Waals surface area contributed by atoms with Crippen LogP contribution in [0.2, 0.25) is 0 Å². The molecule has 1 aliphatic rings. The first-order valence-corrected chi connectivity index (χ1v) is 9.06. The number of benzene rings is 1. The number of hydrogen-bond donors (Lipinski definition) is 0. The standard InChI is InChI=1S/C21H26FNO3/c1-26-21(25)14-16-23(15-13-17-5-3-2-4-6-17)20(24)12-9-18-7-10-19(22)11-8-18/h5,7-12H,2-4,6,13-16H2,1H3/b12-9+. The summed E-state index contributed by atoms with van der Waals surface area (Å²) >= 11 is 0. The van der Waals surface area contributed by atoms with Crippen LogP contribution in [0.15, 0.2) is 42.0 Å². The first-order valence-electron chi connectivity index (χ1n) is 9.06. The zero-order chi connectivity index (χ0) is 18.8. The Bertz CT molecular complexity index is 664. The third kappa shape index (κ3) is 6.82. The molecule has 5 heteroatoms. The van der Waals surface area contributed by atoms with Crippen molar-refractivity contribution in [2.24, 2.45) is 0 Å². The Morgan fingerprint density at radius 2 is 1.96 bits per heavy atom. The molecule has 1 amide bonds. The number of hydrogen-bond acceptors (Lipinski definition) is 3. The first-order chi connectivity index (χ1) is 12.6. The van der Waals surface area contributed by atoms with Crippen molar-refractivity contribution >= 4 is 18.0 Å². The maximum atomic E-state index is 13.0. The second-order valence-electron chi connectivity index (χ2n) is 6.39. The van der Waals surface area contributed by atoms with Gasteiger partial charge in [-0.25, -0.2) is 4.39 Å². The SMILES string of the molecule is COC(=O)CCN(CCC1=CCCCC1)C(=O)/C=C/c1ccc(F)cc1. The average molecular weight is 359 g/mol. The van der Waals surface area contributed by atoms with Gasteiger partial charge in [-0.3, -0.25) is 9.59 Å². The summed E-state index contributed by atoms with van der Waals surface area (Å²) in [5.41, 5.74) is 2.14. The summed E-state index contributed by atoms with van der Waals surface area (Å²) in [5, 5.41) is 0. The molecule has 26 heavy (non-hydrogen) atoms. The molecule has 0 heterocycles. The number of ether oxygens (including phenoxy) is 1. The predicted octanol–water partition coefficient (Wildman–Crippen LogP) is 4.12. The number of halogens is 1. The molecular formula is C21H26FNO3. The normalized spacial score (nSPS) is 14.2. The Hall–Kier alpha value is -2.43. The lowest BCUT2D eigenvalue weighted by molar-refractivity contribution is -0.141. The van der Waals surface area contributed by atoms with E-state index in [0.717, 1.165) is 24.8 Å². The highest BCUT2D eigenvalue weighted by Gasteiger charge is 2.14. The van der Waals surface area contributed by atoms with Crippen LogP contribution in [0.3, 0.4) is 0 Å². The number of nitrogens with zero attached hydrogens (tertiary/aromatic N) is 1. The lowest BCUT2D eigenvalue weighted by Gasteiger charge is -2.22. The van der Waals surface area contributed by atoms with Gasteiger partial charge in [-0.1, -0.05) is 23.8 Å². The van der Waals surface area contributed by atoms with Gasteiger partial charge in [0.15, 0.2) is 0 Å². The molecule has 2 rings (SSSR count). The summed E-state index contributed by atoms with van der Waals surface area (Å²) in [5.74, 6) is -0.800. The molecule has 0 bridgehead atoms. The van der Waals surface area contributed by atoms with E-state index in [9.17, 15) is 14.0 Å². The summed E-state index contributed by atoms with van der Waals surface area (Å²) in [4.78, 5) is 25.7. The summed E-state index contributed by atoms with van der Waals surface area (Å²) in [6.07, 6.45) is 11.0. The highest BCUT2D eigenvalue weighted by Crippen LogP contribution is 2.20. The molecule has 0 fully saturated rings. The zero-order valence-corrected chi connectivity index (χ0v) is 15.2. The molecule has 0 aliphatic heterocycles. The minimum absolute atomic E-state index is 0.158. The van der Waals surface area contributed by atoms with Crippen LogP contribution in [0.5, 0.6) is 0 Å². The molecule has 0 saturated carbocycles. The summed E-state index contributed by atoms with van der Waals surface area (Å²) in [6.45, 7) is 0.905. The van der Waals surface area contributed by atoms with Gasteiger partial charge >= 0.3 is 5.97 Å². The van der Waals surface area contributed by atoms with Gasteiger partial charge in [0, 0.05) is 19.2 Å². The van der Waals surface area contributed by atoms with E-state index >= 15 is 0 Å². The Morgan fingerprint density at radius 3 is 2.62 bits per heavy atom. The van der Waals surface area contributed by atoms with Crippen LogP contribution in [-0.4, -0.2) is 37.0 Å². The van der Waals surface area contributed by atoms with Crippen LogP contribution < -0.4 is 0 Å². The van der Waals surface area contributed by atoms with Crippen LogP contribution in [0, 0.1) is 5.82 Å². The summed E-state index contributed by atoms with van der Waals surface area (Å²) < 4.78 is 17.6. The largest absolute Gasteiger partial charge is 0.469 e. The Morgan fingerprint density at radius 1 is 1.19 bits per heavy atom. The van der Waals surface area contributed by atoms with E-state index in [-0.39, 0.29) is 24.1 Å². The van der Waals surface area contributed by atoms with Crippen molar-refractivity contribution in [1.82, 2.24) is 4.90 Å². The van der Waals surface area contributed by atoms with Crippen LogP contribution in [0.4, 0.5) is 4.39 Å². The molecule has 0 saturated heterocycles.